The zero-order chi connectivity index (χ0) is 14.0. The Balaban J connectivity index is 2.35. The number of hydrogen-bond donors (Lipinski definition) is 1. The van der Waals surface area contributed by atoms with Crippen LogP contribution in [0, 0.1) is 28.7 Å². The van der Waals surface area contributed by atoms with Gasteiger partial charge >= 0.3 is 0 Å². The van der Waals surface area contributed by atoms with E-state index in [4.69, 9.17) is 0 Å². The Morgan fingerprint density at radius 2 is 1.84 bits per heavy atom. The summed E-state index contributed by atoms with van der Waals surface area (Å²) in [4.78, 5) is 9.96. The predicted octanol–water partition coefficient (Wildman–Crippen LogP) is 3.93. The maximum Gasteiger partial charge on any atom is 0.274 e. The van der Waals surface area contributed by atoms with Crippen molar-refractivity contribution in [3.05, 3.63) is 63.7 Å². The van der Waals surface area contributed by atoms with E-state index >= 15 is 0 Å². The summed E-state index contributed by atoms with van der Waals surface area (Å²) in [6.07, 6.45) is 0. The van der Waals surface area contributed by atoms with Gasteiger partial charge in [-0.3, -0.25) is 10.1 Å². The Morgan fingerprint density at radius 3 is 2.47 bits per heavy atom. The zero-order valence-corrected chi connectivity index (χ0v) is 9.98. The molecule has 6 heteroatoms. The number of nitrogens with one attached hydrogen (secondary N) is 1. The molecule has 0 aliphatic rings. The first-order chi connectivity index (χ1) is 8.95. The molecule has 0 spiro atoms. The number of anilines is 2. The van der Waals surface area contributed by atoms with Crippen LogP contribution in [-0.2, 0) is 0 Å². The molecular formula is C13H10F2N2O2. The monoisotopic (exact) mass is 264 g/mol. The number of aryl methyl sites for hydroxylation is 1. The highest BCUT2D eigenvalue weighted by Gasteiger charge is 2.10. The van der Waals surface area contributed by atoms with Crippen LogP contribution in [0.25, 0.3) is 0 Å². The summed E-state index contributed by atoms with van der Waals surface area (Å²) >= 11 is 0. The van der Waals surface area contributed by atoms with Crippen LogP contribution in [-0.4, -0.2) is 4.92 Å². The molecule has 2 rings (SSSR count). The van der Waals surface area contributed by atoms with Crippen LogP contribution < -0.4 is 5.32 Å². The molecule has 0 heterocycles. The second kappa shape index (κ2) is 5.01. The minimum absolute atomic E-state index is 0.237. The summed E-state index contributed by atoms with van der Waals surface area (Å²) in [5, 5.41) is 13.5. The third-order valence-electron chi connectivity index (χ3n) is 2.56. The van der Waals surface area contributed by atoms with E-state index < -0.39 is 10.7 Å². The summed E-state index contributed by atoms with van der Waals surface area (Å²) in [6.45, 7) is 1.68. The Kier molecular flexibility index (Phi) is 3.41. The fourth-order valence-electron chi connectivity index (χ4n) is 1.67. The van der Waals surface area contributed by atoms with Crippen molar-refractivity contribution in [1.82, 2.24) is 0 Å². The molecule has 0 radical (unpaired) electrons. The molecule has 2 aromatic rings. The number of nitro groups is 1. The van der Waals surface area contributed by atoms with Crippen LogP contribution in [0.5, 0.6) is 0 Å². The number of benzene rings is 2. The maximum absolute atomic E-state index is 13.3. The molecule has 0 unspecified atom stereocenters. The quantitative estimate of drug-likeness (QED) is 0.675. The van der Waals surface area contributed by atoms with Crippen molar-refractivity contribution in [2.45, 2.75) is 6.92 Å². The highest BCUT2D eigenvalue weighted by molar-refractivity contribution is 5.65. The largest absolute Gasteiger partial charge is 0.355 e. The first kappa shape index (κ1) is 12.9. The predicted molar refractivity (Wildman–Crippen MR) is 67.5 cm³/mol. The van der Waals surface area contributed by atoms with E-state index in [2.05, 4.69) is 5.32 Å². The topological polar surface area (TPSA) is 55.2 Å². The smallest absolute Gasteiger partial charge is 0.274 e. The molecule has 0 saturated heterocycles. The van der Waals surface area contributed by atoms with Crippen molar-refractivity contribution in [2.75, 3.05) is 5.32 Å². The van der Waals surface area contributed by atoms with Crippen LogP contribution in [0.15, 0.2) is 36.4 Å². The molecule has 0 aromatic heterocycles. The molecule has 2 aromatic carbocycles. The van der Waals surface area contributed by atoms with Crippen LogP contribution in [0.3, 0.4) is 0 Å². The molecule has 4 nitrogen and oxygen atoms in total. The van der Waals surface area contributed by atoms with Crippen LogP contribution >= 0.6 is 0 Å². The van der Waals surface area contributed by atoms with E-state index in [9.17, 15) is 18.9 Å². The van der Waals surface area contributed by atoms with Gasteiger partial charge in [-0.25, -0.2) is 8.78 Å². The van der Waals surface area contributed by atoms with Crippen molar-refractivity contribution in [1.29, 1.82) is 0 Å². The molecule has 0 aliphatic carbocycles. The molecule has 0 atom stereocenters. The van der Waals surface area contributed by atoms with Crippen molar-refractivity contribution in [3.8, 4) is 0 Å². The molecule has 0 saturated carbocycles. The Morgan fingerprint density at radius 1 is 1.11 bits per heavy atom. The number of nitro benzene ring substituents is 1. The van der Waals surface area contributed by atoms with Crippen molar-refractivity contribution < 1.29 is 13.7 Å². The summed E-state index contributed by atoms with van der Waals surface area (Å²) in [5.74, 6) is -1.09. The van der Waals surface area contributed by atoms with Crippen molar-refractivity contribution >= 4 is 17.1 Å². The second-order valence-corrected chi connectivity index (χ2v) is 4.04. The van der Waals surface area contributed by atoms with Gasteiger partial charge in [-0.1, -0.05) is 0 Å². The van der Waals surface area contributed by atoms with Crippen LogP contribution in [0.1, 0.15) is 5.56 Å². The normalized spacial score (nSPS) is 10.3. The maximum atomic E-state index is 13.3. The fourth-order valence-corrected chi connectivity index (χ4v) is 1.67. The first-order valence-corrected chi connectivity index (χ1v) is 5.44. The Hall–Kier alpha value is -2.50. The van der Waals surface area contributed by atoms with Gasteiger partial charge in [-0.2, -0.15) is 0 Å². The average molecular weight is 264 g/mol. The molecule has 19 heavy (non-hydrogen) atoms. The highest BCUT2D eigenvalue weighted by Crippen LogP contribution is 2.25. The van der Waals surface area contributed by atoms with Gasteiger partial charge in [0.15, 0.2) is 0 Å². The number of halogens is 2. The molecule has 98 valence electrons. The number of hydrogen-bond acceptors (Lipinski definition) is 3. The SMILES string of the molecule is Cc1cc(F)ccc1Nc1cc(F)cc([N+](=O)[O-])c1. The van der Waals surface area contributed by atoms with E-state index in [0.717, 1.165) is 12.1 Å². The lowest BCUT2D eigenvalue weighted by Crippen LogP contribution is -1.96. The van der Waals surface area contributed by atoms with Gasteiger partial charge in [-0.15, -0.1) is 0 Å². The third-order valence-corrected chi connectivity index (χ3v) is 2.56. The van der Waals surface area contributed by atoms with Gasteiger partial charge in [0, 0.05) is 17.4 Å². The van der Waals surface area contributed by atoms with Gasteiger partial charge < -0.3 is 5.32 Å². The van der Waals surface area contributed by atoms with Crippen molar-refractivity contribution in [3.63, 3.8) is 0 Å². The third kappa shape index (κ3) is 3.04. The number of non-ortho nitro benzene ring substituents is 1. The zero-order valence-electron chi connectivity index (χ0n) is 9.98. The van der Waals surface area contributed by atoms with Gasteiger partial charge in [0.2, 0.25) is 0 Å². The molecule has 0 amide bonds. The minimum atomic E-state index is -0.712. The van der Waals surface area contributed by atoms with E-state index in [1.165, 1.54) is 24.3 Å². The van der Waals surface area contributed by atoms with E-state index in [1.807, 2.05) is 0 Å². The Labute approximate surface area is 107 Å². The Bertz CT molecular complexity index is 645. The summed E-state index contributed by atoms with van der Waals surface area (Å²) in [5.41, 5.74) is 1.07. The molecule has 1 N–H and O–H groups in total. The lowest BCUT2D eigenvalue weighted by Gasteiger charge is -2.09. The molecule has 0 bridgehead atoms. The van der Waals surface area contributed by atoms with Gasteiger partial charge in [0.05, 0.1) is 11.0 Å². The van der Waals surface area contributed by atoms with Crippen LogP contribution in [0.2, 0.25) is 0 Å². The van der Waals surface area contributed by atoms with Gasteiger partial charge in [-0.05, 0) is 36.8 Å². The minimum Gasteiger partial charge on any atom is -0.355 e. The molecular weight excluding hydrogens is 254 g/mol. The highest BCUT2D eigenvalue weighted by atomic mass is 19.1. The summed E-state index contributed by atoms with van der Waals surface area (Å²) in [7, 11) is 0. The van der Waals surface area contributed by atoms with Gasteiger partial charge in [0.25, 0.3) is 5.69 Å². The number of nitrogens with zero attached hydrogens (tertiary/aromatic N) is 1. The summed E-state index contributed by atoms with van der Waals surface area (Å²) < 4.78 is 26.2. The van der Waals surface area contributed by atoms with Gasteiger partial charge in [0.1, 0.15) is 11.6 Å². The van der Waals surface area contributed by atoms with Crippen LogP contribution in [0.4, 0.5) is 25.8 Å². The summed E-state index contributed by atoms with van der Waals surface area (Å²) in [6, 6.07) is 7.24. The lowest BCUT2D eigenvalue weighted by molar-refractivity contribution is -0.385. The molecule has 0 aliphatic heterocycles. The number of rotatable bonds is 3. The van der Waals surface area contributed by atoms with E-state index in [1.54, 1.807) is 6.92 Å². The molecule has 0 fully saturated rings. The first-order valence-electron chi connectivity index (χ1n) is 5.44. The van der Waals surface area contributed by atoms with Crippen molar-refractivity contribution in [2.24, 2.45) is 0 Å². The standard InChI is InChI=1S/C13H10F2N2O2/c1-8-4-9(14)2-3-13(8)16-11-5-10(15)6-12(7-11)17(18)19/h2-7,16H,1H3. The van der Waals surface area contributed by atoms with E-state index in [-0.39, 0.29) is 17.2 Å². The lowest BCUT2D eigenvalue weighted by atomic mass is 10.2. The van der Waals surface area contributed by atoms with E-state index in [0.29, 0.717) is 11.3 Å². The average Bonchev–Trinajstić information content (AvgIpc) is 2.32. The second-order valence-electron chi connectivity index (χ2n) is 4.04. The fraction of sp³-hybridized carbons (Fsp3) is 0.0769.